The van der Waals surface area contributed by atoms with Crippen LogP contribution in [-0.2, 0) is 11.3 Å². The SMILES string of the molecule is CC(C)N(C)c1ccc(CNc2ccc(N3CCOCC3)cn2)cn1. The molecule has 3 rings (SSSR count). The topological polar surface area (TPSA) is 53.5 Å². The molecule has 25 heavy (non-hydrogen) atoms. The van der Waals surface area contributed by atoms with Crippen molar-refractivity contribution in [3.05, 3.63) is 42.2 Å². The molecule has 1 saturated heterocycles. The van der Waals surface area contributed by atoms with Gasteiger partial charge in [-0.2, -0.15) is 0 Å². The molecule has 0 spiro atoms. The van der Waals surface area contributed by atoms with Gasteiger partial charge in [-0.1, -0.05) is 6.07 Å². The Labute approximate surface area is 149 Å². The van der Waals surface area contributed by atoms with E-state index in [1.54, 1.807) is 0 Å². The molecule has 2 aromatic heterocycles. The first kappa shape index (κ1) is 17.5. The van der Waals surface area contributed by atoms with E-state index in [1.165, 1.54) is 0 Å². The van der Waals surface area contributed by atoms with Crippen molar-refractivity contribution in [3.63, 3.8) is 0 Å². The van der Waals surface area contributed by atoms with Crippen molar-refractivity contribution in [1.82, 2.24) is 9.97 Å². The monoisotopic (exact) mass is 341 g/mol. The summed E-state index contributed by atoms with van der Waals surface area (Å²) in [5.74, 6) is 1.87. The van der Waals surface area contributed by atoms with Crippen LogP contribution in [0.2, 0.25) is 0 Å². The van der Waals surface area contributed by atoms with E-state index in [9.17, 15) is 0 Å². The van der Waals surface area contributed by atoms with Crippen LogP contribution in [0.25, 0.3) is 0 Å². The Morgan fingerprint density at radius 2 is 1.92 bits per heavy atom. The second-order valence-electron chi connectivity index (χ2n) is 6.58. The van der Waals surface area contributed by atoms with Crippen molar-refractivity contribution < 1.29 is 4.74 Å². The predicted octanol–water partition coefficient (Wildman–Crippen LogP) is 2.77. The Morgan fingerprint density at radius 1 is 1.12 bits per heavy atom. The molecule has 0 unspecified atom stereocenters. The lowest BCUT2D eigenvalue weighted by Crippen LogP contribution is -2.36. The molecule has 2 aromatic rings. The Bertz CT molecular complexity index is 651. The van der Waals surface area contributed by atoms with Gasteiger partial charge in [0.25, 0.3) is 0 Å². The van der Waals surface area contributed by atoms with Gasteiger partial charge in [0.2, 0.25) is 0 Å². The highest BCUT2D eigenvalue weighted by molar-refractivity contribution is 5.50. The highest BCUT2D eigenvalue weighted by Gasteiger charge is 2.11. The summed E-state index contributed by atoms with van der Waals surface area (Å²) in [6.07, 6.45) is 3.84. The summed E-state index contributed by atoms with van der Waals surface area (Å²) in [5, 5.41) is 3.35. The standard InChI is InChI=1S/C19H27N5O/c1-15(2)23(3)19-7-4-16(13-22-19)12-20-18-6-5-17(14-21-18)24-8-10-25-11-9-24/h4-7,13-15H,8-12H2,1-3H3,(H,20,21). The summed E-state index contributed by atoms with van der Waals surface area (Å²) in [6, 6.07) is 8.74. The fourth-order valence-corrected chi connectivity index (χ4v) is 2.69. The molecule has 0 radical (unpaired) electrons. The third kappa shape index (κ3) is 4.60. The van der Waals surface area contributed by atoms with Gasteiger partial charge >= 0.3 is 0 Å². The Balaban J connectivity index is 1.54. The molecule has 1 aliphatic rings. The highest BCUT2D eigenvalue weighted by Crippen LogP contribution is 2.17. The first-order valence-corrected chi connectivity index (χ1v) is 8.84. The predicted molar refractivity (Wildman–Crippen MR) is 102 cm³/mol. The van der Waals surface area contributed by atoms with Crippen LogP contribution in [0, 0.1) is 0 Å². The van der Waals surface area contributed by atoms with Crippen LogP contribution in [0.4, 0.5) is 17.3 Å². The minimum absolute atomic E-state index is 0.436. The highest BCUT2D eigenvalue weighted by atomic mass is 16.5. The van der Waals surface area contributed by atoms with Crippen LogP contribution in [0.3, 0.4) is 0 Å². The molecule has 6 heteroatoms. The summed E-state index contributed by atoms with van der Waals surface area (Å²) in [7, 11) is 2.06. The van der Waals surface area contributed by atoms with E-state index in [0.717, 1.165) is 49.2 Å². The van der Waals surface area contributed by atoms with Crippen LogP contribution in [0.1, 0.15) is 19.4 Å². The molecule has 0 amide bonds. The van der Waals surface area contributed by atoms with Crippen molar-refractivity contribution >= 4 is 17.3 Å². The Hall–Kier alpha value is -2.34. The van der Waals surface area contributed by atoms with E-state index in [1.807, 2.05) is 18.5 Å². The fourth-order valence-electron chi connectivity index (χ4n) is 2.69. The van der Waals surface area contributed by atoms with E-state index < -0.39 is 0 Å². The molecule has 1 N–H and O–H groups in total. The van der Waals surface area contributed by atoms with E-state index in [4.69, 9.17) is 4.74 Å². The van der Waals surface area contributed by atoms with Crippen molar-refractivity contribution in [2.45, 2.75) is 26.4 Å². The first-order valence-electron chi connectivity index (χ1n) is 8.84. The van der Waals surface area contributed by atoms with Gasteiger partial charge in [-0.3, -0.25) is 0 Å². The average Bonchev–Trinajstić information content (AvgIpc) is 2.67. The van der Waals surface area contributed by atoms with Gasteiger partial charge in [0, 0.05) is 38.9 Å². The summed E-state index contributed by atoms with van der Waals surface area (Å²) >= 11 is 0. The minimum atomic E-state index is 0.436. The number of ether oxygens (including phenoxy) is 1. The smallest absolute Gasteiger partial charge is 0.128 e. The summed E-state index contributed by atoms with van der Waals surface area (Å²) < 4.78 is 5.39. The molecule has 1 aliphatic heterocycles. The van der Waals surface area contributed by atoms with Crippen molar-refractivity contribution in [3.8, 4) is 0 Å². The van der Waals surface area contributed by atoms with Gasteiger partial charge in [0.1, 0.15) is 11.6 Å². The van der Waals surface area contributed by atoms with Crippen LogP contribution >= 0.6 is 0 Å². The van der Waals surface area contributed by atoms with Gasteiger partial charge in [-0.25, -0.2) is 9.97 Å². The largest absolute Gasteiger partial charge is 0.378 e. The number of hydrogen-bond acceptors (Lipinski definition) is 6. The van der Waals surface area contributed by atoms with Gasteiger partial charge in [0.15, 0.2) is 0 Å². The molecule has 1 fully saturated rings. The summed E-state index contributed by atoms with van der Waals surface area (Å²) in [4.78, 5) is 13.5. The third-order valence-electron chi connectivity index (χ3n) is 4.54. The lowest BCUT2D eigenvalue weighted by Gasteiger charge is -2.28. The molecular weight excluding hydrogens is 314 g/mol. The van der Waals surface area contributed by atoms with E-state index >= 15 is 0 Å². The van der Waals surface area contributed by atoms with Crippen molar-refractivity contribution in [2.24, 2.45) is 0 Å². The second-order valence-corrected chi connectivity index (χ2v) is 6.58. The van der Waals surface area contributed by atoms with Gasteiger partial charge < -0.3 is 19.9 Å². The Morgan fingerprint density at radius 3 is 2.52 bits per heavy atom. The maximum atomic E-state index is 5.39. The maximum Gasteiger partial charge on any atom is 0.128 e. The van der Waals surface area contributed by atoms with E-state index in [2.05, 4.69) is 64.2 Å². The minimum Gasteiger partial charge on any atom is -0.378 e. The first-order chi connectivity index (χ1) is 12.1. The zero-order chi connectivity index (χ0) is 17.6. The quantitative estimate of drug-likeness (QED) is 0.872. The number of nitrogens with one attached hydrogen (secondary N) is 1. The van der Waals surface area contributed by atoms with Crippen LogP contribution in [0.5, 0.6) is 0 Å². The number of aromatic nitrogens is 2. The van der Waals surface area contributed by atoms with Crippen LogP contribution in [-0.4, -0.2) is 49.4 Å². The molecule has 0 bridgehead atoms. The molecule has 0 saturated carbocycles. The van der Waals surface area contributed by atoms with Crippen molar-refractivity contribution in [2.75, 3.05) is 48.5 Å². The van der Waals surface area contributed by atoms with Gasteiger partial charge in [0.05, 0.1) is 25.1 Å². The molecular formula is C19H27N5O. The number of rotatable bonds is 6. The number of pyridine rings is 2. The van der Waals surface area contributed by atoms with E-state index in [0.29, 0.717) is 12.6 Å². The molecule has 0 atom stereocenters. The van der Waals surface area contributed by atoms with Crippen LogP contribution in [0.15, 0.2) is 36.7 Å². The molecule has 0 aliphatic carbocycles. The number of nitrogens with zero attached hydrogens (tertiary/aromatic N) is 4. The molecule has 6 nitrogen and oxygen atoms in total. The lowest BCUT2D eigenvalue weighted by molar-refractivity contribution is 0.122. The van der Waals surface area contributed by atoms with Gasteiger partial charge in [-0.15, -0.1) is 0 Å². The van der Waals surface area contributed by atoms with Crippen molar-refractivity contribution in [1.29, 1.82) is 0 Å². The van der Waals surface area contributed by atoms with Gasteiger partial charge in [-0.05, 0) is 37.6 Å². The zero-order valence-corrected chi connectivity index (χ0v) is 15.3. The second kappa shape index (κ2) is 8.16. The number of hydrogen-bond donors (Lipinski definition) is 1. The molecule has 3 heterocycles. The average molecular weight is 341 g/mol. The lowest BCUT2D eigenvalue weighted by atomic mass is 10.2. The van der Waals surface area contributed by atoms with Crippen LogP contribution < -0.4 is 15.1 Å². The van der Waals surface area contributed by atoms with E-state index in [-0.39, 0.29) is 0 Å². The molecule has 0 aromatic carbocycles. The third-order valence-corrected chi connectivity index (χ3v) is 4.54. The number of anilines is 3. The fraction of sp³-hybridized carbons (Fsp3) is 0.474. The Kier molecular flexibility index (Phi) is 5.71. The molecule has 134 valence electrons. The summed E-state index contributed by atoms with van der Waals surface area (Å²) in [6.45, 7) is 8.45. The number of morpholine rings is 1. The maximum absolute atomic E-state index is 5.39. The zero-order valence-electron chi connectivity index (χ0n) is 15.3. The normalized spacial score (nSPS) is 14.6. The summed E-state index contributed by atoms with van der Waals surface area (Å²) in [5.41, 5.74) is 2.29.